The number of rotatable bonds is 3. The van der Waals surface area contributed by atoms with E-state index in [0.717, 1.165) is 17.8 Å². The van der Waals surface area contributed by atoms with Crippen molar-refractivity contribution in [2.45, 2.75) is 52.6 Å². The molecule has 1 heteroatoms. The number of ether oxygens (including phenoxy) is 1. The van der Waals surface area contributed by atoms with Crippen LogP contribution in [0.2, 0.25) is 0 Å². The van der Waals surface area contributed by atoms with E-state index in [1.54, 1.807) is 0 Å². The van der Waals surface area contributed by atoms with Crippen LogP contribution in [0.4, 0.5) is 0 Å². The Morgan fingerprint density at radius 2 is 1.38 bits per heavy atom. The summed E-state index contributed by atoms with van der Waals surface area (Å²) in [4.78, 5) is 0. The van der Waals surface area contributed by atoms with Crippen molar-refractivity contribution in [1.29, 1.82) is 0 Å². The zero-order valence-electron chi connectivity index (χ0n) is 9.55. The maximum Gasteiger partial charge on any atom is 0.0571 e. The molecule has 1 saturated carbocycles. The van der Waals surface area contributed by atoms with Crippen LogP contribution >= 0.6 is 0 Å². The van der Waals surface area contributed by atoms with Crippen LogP contribution < -0.4 is 0 Å². The quantitative estimate of drug-likeness (QED) is 0.652. The minimum atomic E-state index is 0.466. The summed E-state index contributed by atoms with van der Waals surface area (Å²) in [7, 11) is 1.83. The molecule has 1 rings (SSSR count). The van der Waals surface area contributed by atoms with Crippen LogP contribution in [0.3, 0.4) is 0 Å². The SMILES string of the molecule is COC(C)C1CCC(C(C)C)CC1. The lowest BCUT2D eigenvalue weighted by molar-refractivity contribution is 0.0389. The third-order valence-electron chi connectivity index (χ3n) is 3.79. The van der Waals surface area contributed by atoms with Gasteiger partial charge in [0, 0.05) is 7.11 Å². The molecule has 1 fully saturated rings. The lowest BCUT2D eigenvalue weighted by atomic mass is 9.75. The van der Waals surface area contributed by atoms with Crippen molar-refractivity contribution < 1.29 is 4.74 Å². The second kappa shape index (κ2) is 4.99. The van der Waals surface area contributed by atoms with Crippen LogP contribution in [0.5, 0.6) is 0 Å². The zero-order valence-corrected chi connectivity index (χ0v) is 9.55. The van der Waals surface area contributed by atoms with E-state index < -0.39 is 0 Å². The summed E-state index contributed by atoms with van der Waals surface area (Å²) in [5.74, 6) is 2.67. The Balaban J connectivity index is 2.30. The van der Waals surface area contributed by atoms with Gasteiger partial charge in [-0.3, -0.25) is 0 Å². The van der Waals surface area contributed by atoms with E-state index in [-0.39, 0.29) is 0 Å². The van der Waals surface area contributed by atoms with Crippen LogP contribution in [-0.4, -0.2) is 13.2 Å². The fourth-order valence-electron chi connectivity index (χ4n) is 2.47. The van der Waals surface area contributed by atoms with Crippen molar-refractivity contribution in [2.75, 3.05) is 7.11 Å². The van der Waals surface area contributed by atoms with Crippen molar-refractivity contribution in [2.24, 2.45) is 17.8 Å². The Hall–Kier alpha value is -0.0400. The first-order valence-corrected chi connectivity index (χ1v) is 5.68. The number of methoxy groups -OCH3 is 1. The predicted octanol–water partition coefficient (Wildman–Crippen LogP) is 3.48. The molecule has 1 nitrogen and oxygen atoms in total. The highest BCUT2D eigenvalue weighted by atomic mass is 16.5. The Labute approximate surface area is 82.9 Å². The second-order valence-electron chi connectivity index (χ2n) is 4.86. The molecular formula is C12H24O. The van der Waals surface area contributed by atoms with Gasteiger partial charge in [0.15, 0.2) is 0 Å². The summed E-state index contributed by atoms with van der Waals surface area (Å²) < 4.78 is 5.39. The Morgan fingerprint density at radius 3 is 1.77 bits per heavy atom. The van der Waals surface area contributed by atoms with E-state index in [4.69, 9.17) is 4.74 Å². The van der Waals surface area contributed by atoms with Gasteiger partial charge in [-0.1, -0.05) is 13.8 Å². The highest BCUT2D eigenvalue weighted by Crippen LogP contribution is 2.35. The summed E-state index contributed by atoms with van der Waals surface area (Å²) in [6.07, 6.45) is 6.04. The van der Waals surface area contributed by atoms with Crippen LogP contribution in [0, 0.1) is 17.8 Å². The summed E-state index contributed by atoms with van der Waals surface area (Å²) in [6, 6.07) is 0. The average molecular weight is 184 g/mol. The highest BCUT2D eigenvalue weighted by Gasteiger charge is 2.26. The second-order valence-corrected chi connectivity index (χ2v) is 4.86. The summed E-state index contributed by atoms with van der Waals surface area (Å²) in [5, 5.41) is 0. The third kappa shape index (κ3) is 2.98. The van der Waals surface area contributed by atoms with Gasteiger partial charge in [0.05, 0.1) is 6.10 Å². The molecule has 1 unspecified atom stereocenters. The molecule has 0 aliphatic heterocycles. The van der Waals surface area contributed by atoms with E-state index in [1.807, 2.05) is 7.11 Å². The lowest BCUT2D eigenvalue weighted by Gasteiger charge is -2.33. The van der Waals surface area contributed by atoms with Gasteiger partial charge in [-0.15, -0.1) is 0 Å². The molecule has 0 aromatic carbocycles. The smallest absolute Gasteiger partial charge is 0.0571 e. The van der Waals surface area contributed by atoms with Crippen molar-refractivity contribution in [3.63, 3.8) is 0 Å². The molecule has 1 aliphatic rings. The van der Waals surface area contributed by atoms with Crippen LogP contribution in [0.1, 0.15) is 46.5 Å². The van der Waals surface area contributed by atoms with Crippen LogP contribution in [0.25, 0.3) is 0 Å². The molecule has 1 atom stereocenters. The molecule has 0 radical (unpaired) electrons. The summed E-state index contributed by atoms with van der Waals surface area (Å²) >= 11 is 0. The van der Waals surface area contributed by atoms with Gasteiger partial charge in [-0.25, -0.2) is 0 Å². The fourth-order valence-corrected chi connectivity index (χ4v) is 2.47. The van der Waals surface area contributed by atoms with Gasteiger partial charge in [-0.2, -0.15) is 0 Å². The van der Waals surface area contributed by atoms with Crippen molar-refractivity contribution in [1.82, 2.24) is 0 Å². The summed E-state index contributed by atoms with van der Waals surface area (Å²) in [5.41, 5.74) is 0. The molecule has 13 heavy (non-hydrogen) atoms. The number of hydrogen-bond acceptors (Lipinski definition) is 1. The zero-order chi connectivity index (χ0) is 9.84. The van der Waals surface area contributed by atoms with E-state index >= 15 is 0 Å². The van der Waals surface area contributed by atoms with E-state index in [1.165, 1.54) is 25.7 Å². The third-order valence-corrected chi connectivity index (χ3v) is 3.79. The maximum absolute atomic E-state index is 5.39. The van der Waals surface area contributed by atoms with Crippen molar-refractivity contribution >= 4 is 0 Å². The maximum atomic E-state index is 5.39. The fraction of sp³-hybridized carbons (Fsp3) is 1.00. The van der Waals surface area contributed by atoms with Crippen LogP contribution in [0.15, 0.2) is 0 Å². The largest absolute Gasteiger partial charge is 0.381 e. The molecule has 0 spiro atoms. The molecule has 0 bridgehead atoms. The molecular weight excluding hydrogens is 160 g/mol. The molecule has 1 aliphatic carbocycles. The molecule has 0 heterocycles. The van der Waals surface area contributed by atoms with Gasteiger partial charge in [-0.05, 0) is 50.4 Å². The first-order valence-electron chi connectivity index (χ1n) is 5.68. The van der Waals surface area contributed by atoms with Crippen molar-refractivity contribution in [3.8, 4) is 0 Å². The summed E-state index contributed by atoms with van der Waals surface area (Å²) in [6.45, 7) is 6.91. The molecule has 0 N–H and O–H groups in total. The average Bonchev–Trinajstić information content (AvgIpc) is 2.17. The molecule has 0 aromatic rings. The Morgan fingerprint density at radius 1 is 0.923 bits per heavy atom. The van der Waals surface area contributed by atoms with Gasteiger partial charge >= 0.3 is 0 Å². The lowest BCUT2D eigenvalue weighted by Crippen LogP contribution is -2.26. The monoisotopic (exact) mass is 184 g/mol. The predicted molar refractivity (Wildman–Crippen MR) is 56.8 cm³/mol. The highest BCUT2D eigenvalue weighted by molar-refractivity contribution is 4.77. The van der Waals surface area contributed by atoms with Gasteiger partial charge < -0.3 is 4.74 Å². The van der Waals surface area contributed by atoms with Gasteiger partial charge in [0.1, 0.15) is 0 Å². The minimum absolute atomic E-state index is 0.466. The van der Waals surface area contributed by atoms with Gasteiger partial charge in [0.2, 0.25) is 0 Å². The van der Waals surface area contributed by atoms with Gasteiger partial charge in [0.25, 0.3) is 0 Å². The molecule has 0 amide bonds. The van der Waals surface area contributed by atoms with E-state index in [0.29, 0.717) is 6.10 Å². The van der Waals surface area contributed by atoms with Crippen molar-refractivity contribution in [3.05, 3.63) is 0 Å². The molecule has 0 saturated heterocycles. The minimum Gasteiger partial charge on any atom is -0.381 e. The van der Waals surface area contributed by atoms with Crippen LogP contribution in [-0.2, 0) is 4.74 Å². The Kier molecular flexibility index (Phi) is 4.24. The normalized spacial score (nSPS) is 32.1. The molecule has 78 valence electrons. The number of hydrogen-bond donors (Lipinski definition) is 0. The standard InChI is InChI=1S/C12H24O/c1-9(2)11-5-7-12(8-6-11)10(3)13-4/h9-12H,5-8H2,1-4H3. The molecule has 0 aromatic heterocycles. The topological polar surface area (TPSA) is 9.23 Å². The first kappa shape index (κ1) is 11.0. The van der Waals surface area contributed by atoms with E-state index in [2.05, 4.69) is 20.8 Å². The van der Waals surface area contributed by atoms with E-state index in [9.17, 15) is 0 Å². The first-order chi connectivity index (χ1) is 6.15. The Bertz CT molecular complexity index is 134.